The minimum atomic E-state index is -0.573. The van der Waals surface area contributed by atoms with Crippen LogP contribution in [-0.2, 0) is 13.2 Å². The van der Waals surface area contributed by atoms with Crippen LogP contribution in [0.4, 0.5) is 0 Å². The van der Waals surface area contributed by atoms with Crippen LogP contribution >= 0.6 is 0 Å². The Morgan fingerprint density at radius 1 is 1.31 bits per heavy atom. The second kappa shape index (κ2) is 8.53. The predicted molar refractivity (Wildman–Crippen MR) is 106 cm³/mol. The number of nitrogens with one attached hydrogen (secondary N) is 1. The van der Waals surface area contributed by atoms with Crippen molar-refractivity contribution < 1.29 is 19.1 Å². The molecule has 0 bridgehead atoms. The maximum absolute atomic E-state index is 12.6. The van der Waals surface area contributed by atoms with Crippen LogP contribution in [-0.4, -0.2) is 32.9 Å². The molecule has 1 aromatic carbocycles. The predicted octanol–water partition coefficient (Wildman–Crippen LogP) is 2.93. The first-order valence-electron chi connectivity index (χ1n) is 9.82. The van der Waals surface area contributed by atoms with E-state index in [4.69, 9.17) is 9.15 Å². The number of para-hydroxylation sites is 1. The van der Waals surface area contributed by atoms with Crippen LogP contribution in [0.25, 0.3) is 0 Å². The number of hydrogen-bond donors (Lipinski definition) is 2. The van der Waals surface area contributed by atoms with Gasteiger partial charge in [-0.2, -0.15) is 5.10 Å². The topological polar surface area (TPSA) is 89.5 Å². The number of aliphatic hydroxyl groups excluding tert-OH is 1. The molecule has 0 spiro atoms. The zero-order chi connectivity index (χ0) is 20.2. The first-order valence-corrected chi connectivity index (χ1v) is 9.82. The Morgan fingerprint density at radius 2 is 2.14 bits per heavy atom. The van der Waals surface area contributed by atoms with E-state index >= 15 is 0 Å². The normalized spacial score (nSPS) is 21.2. The molecule has 0 radical (unpaired) electrons. The average molecular weight is 395 g/mol. The number of aliphatic hydroxyl groups is 1. The number of amides is 1. The van der Waals surface area contributed by atoms with Gasteiger partial charge in [0.2, 0.25) is 0 Å². The summed E-state index contributed by atoms with van der Waals surface area (Å²) in [5.74, 6) is 1.59. The molecule has 1 saturated carbocycles. The van der Waals surface area contributed by atoms with Crippen molar-refractivity contribution >= 4 is 5.91 Å². The van der Waals surface area contributed by atoms with Crippen molar-refractivity contribution in [2.75, 3.05) is 0 Å². The van der Waals surface area contributed by atoms with Crippen LogP contribution in [0.5, 0.6) is 5.75 Å². The van der Waals surface area contributed by atoms with Gasteiger partial charge >= 0.3 is 0 Å². The zero-order valence-electron chi connectivity index (χ0n) is 16.3. The molecule has 4 rings (SSSR count). The van der Waals surface area contributed by atoms with Gasteiger partial charge in [0, 0.05) is 24.5 Å². The maximum atomic E-state index is 12.6. The monoisotopic (exact) mass is 395 g/mol. The number of carbonyl (C=O) groups excluding carboxylic acids is 1. The van der Waals surface area contributed by atoms with E-state index in [1.54, 1.807) is 12.3 Å². The fourth-order valence-corrected chi connectivity index (χ4v) is 3.79. The fraction of sp³-hybridized carbons (Fsp3) is 0.364. The largest absolute Gasteiger partial charge is 0.489 e. The molecule has 1 aliphatic rings. The molecule has 0 saturated heterocycles. The van der Waals surface area contributed by atoms with Crippen molar-refractivity contribution in [2.24, 2.45) is 5.92 Å². The van der Waals surface area contributed by atoms with Gasteiger partial charge in [0.15, 0.2) is 5.76 Å². The van der Waals surface area contributed by atoms with Crippen molar-refractivity contribution in [1.29, 1.82) is 0 Å². The van der Waals surface area contributed by atoms with Gasteiger partial charge in [-0.1, -0.05) is 18.2 Å². The van der Waals surface area contributed by atoms with Gasteiger partial charge in [0.1, 0.15) is 18.1 Å². The van der Waals surface area contributed by atoms with Crippen molar-refractivity contribution in [3.05, 3.63) is 71.9 Å². The third-order valence-electron chi connectivity index (χ3n) is 5.33. The lowest BCUT2D eigenvalue weighted by atomic mass is 10.1. The highest BCUT2D eigenvalue weighted by Gasteiger charge is 2.34. The van der Waals surface area contributed by atoms with Crippen LogP contribution < -0.4 is 10.1 Å². The second-order valence-electron chi connectivity index (χ2n) is 7.51. The summed E-state index contributed by atoms with van der Waals surface area (Å²) in [7, 11) is 0. The minimum absolute atomic E-state index is 0.233. The highest BCUT2D eigenvalue weighted by molar-refractivity contribution is 5.92. The van der Waals surface area contributed by atoms with Gasteiger partial charge in [-0.25, -0.2) is 0 Å². The number of rotatable bonds is 7. The zero-order valence-corrected chi connectivity index (χ0v) is 16.3. The summed E-state index contributed by atoms with van der Waals surface area (Å²) in [5.41, 5.74) is 0.822. The molecular formula is C22H25N3O4. The van der Waals surface area contributed by atoms with E-state index in [-0.39, 0.29) is 23.6 Å². The van der Waals surface area contributed by atoms with Crippen LogP contribution in [0.3, 0.4) is 0 Å². The number of ether oxygens (including phenoxy) is 1. The summed E-state index contributed by atoms with van der Waals surface area (Å²) in [6, 6.07) is 12.8. The molecule has 1 fully saturated rings. The number of aryl methyl sites for hydroxylation is 1. The quantitative estimate of drug-likeness (QED) is 0.642. The molecule has 2 heterocycles. The van der Waals surface area contributed by atoms with E-state index < -0.39 is 6.10 Å². The number of furan rings is 1. The molecule has 2 N–H and O–H groups in total. The van der Waals surface area contributed by atoms with Crippen molar-refractivity contribution in [3.63, 3.8) is 0 Å². The van der Waals surface area contributed by atoms with Gasteiger partial charge in [-0.05, 0) is 49.9 Å². The first kappa shape index (κ1) is 19.3. The first-order chi connectivity index (χ1) is 14.1. The Hall–Kier alpha value is -3.06. The van der Waals surface area contributed by atoms with Crippen molar-refractivity contribution in [3.8, 4) is 5.75 Å². The van der Waals surface area contributed by atoms with Gasteiger partial charge in [0.25, 0.3) is 5.91 Å². The Balaban J connectivity index is 1.33. The molecule has 2 aromatic heterocycles. The molecule has 7 nitrogen and oxygen atoms in total. The van der Waals surface area contributed by atoms with Gasteiger partial charge in [0.05, 0.1) is 12.1 Å². The van der Waals surface area contributed by atoms with E-state index in [1.165, 1.54) is 0 Å². The van der Waals surface area contributed by atoms with Crippen molar-refractivity contribution in [1.82, 2.24) is 15.1 Å². The summed E-state index contributed by atoms with van der Waals surface area (Å²) in [4.78, 5) is 12.6. The van der Waals surface area contributed by atoms with Gasteiger partial charge < -0.3 is 19.6 Å². The van der Waals surface area contributed by atoms with Crippen LogP contribution in [0, 0.1) is 12.8 Å². The van der Waals surface area contributed by atoms with E-state index in [1.807, 2.05) is 54.2 Å². The number of nitrogens with zero attached hydrogens (tertiary/aromatic N) is 2. The van der Waals surface area contributed by atoms with Gasteiger partial charge in [-0.3, -0.25) is 9.48 Å². The lowest BCUT2D eigenvalue weighted by molar-refractivity contribution is 0.0845. The molecule has 3 aromatic rings. The lowest BCUT2D eigenvalue weighted by Crippen LogP contribution is -2.39. The average Bonchev–Trinajstić information content (AvgIpc) is 3.43. The highest BCUT2D eigenvalue weighted by Crippen LogP contribution is 2.28. The van der Waals surface area contributed by atoms with Crippen LogP contribution in [0.2, 0.25) is 0 Å². The Labute approximate surface area is 169 Å². The van der Waals surface area contributed by atoms with Gasteiger partial charge in [-0.15, -0.1) is 0 Å². The summed E-state index contributed by atoms with van der Waals surface area (Å²) < 4.78 is 13.2. The van der Waals surface area contributed by atoms with E-state index in [0.29, 0.717) is 25.2 Å². The summed E-state index contributed by atoms with van der Waals surface area (Å²) in [6.07, 6.45) is 4.41. The molecule has 0 aliphatic heterocycles. The molecule has 1 amide bonds. The maximum Gasteiger partial charge on any atom is 0.287 e. The Bertz CT molecular complexity index is 936. The number of aromatic nitrogens is 2. The lowest BCUT2D eigenvalue weighted by Gasteiger charge is -2.15. The SMILES string of the molecule is Cc1oc(C(=O)N[C@@H]2CC(Cn3cccn3)C[C@H]2O)cc1COc1ccccc1. The Kier molecular flexibility index (Phi) is 5.67. The second-order valence-corrected chi connectivity index (χ2v) is 7.51. The third-order valence-corrected chi connectivity index (χ3v) is 5.33. The van der Waals surface area contributed by atoms with E-state index in [9.17, 15) is 9.90 Å². The molecule has 152 valence electrons. The third kappa shape index (κ3) is 4.68. The number of hydrogen-bond acceptors (Lipinski definition) is 5. The fourth-order valence-electron chi connectivity index (χ4n) is 3.79. The molecular weight excluding hydrogens is 370 g/mol. The van der Waals surface area contributed by atoms with E-state index in [2.05, 4.69) is 10.4 Å². The van der Waals surface area contributed by atoms with Crippen LogP contribution in [0.15, 0.2) is 59.3 Å². The standard InChI is InChI=1S/C22H25N3O4/c1-15-17(14-28-18-6-3-2-4-7-18)12-21(29-15)22(27)24-19-10-16(11-20(19)26)13-25-9-5-8-23-25/h2-9,12,16,19-20,26H,10-11,13-14H2,1H3,(H,24,27)/t16?,19-,20-/m1/s1. The molecule has 3 atom stereocenters. The molecule has 7 heteroatoms. The number of benzene rings is 1. The van der Waals surface area contributed by atoms with Crippen LogP contribution in [0.1, 0.15) is 34.7 Å². The minimum Gasteiger partial charge on any atom is -0.489 e. The summed E-state index contributed by atoms with van der Waals surface area (Å²) in [6.45, 7) is 2.87. The number of carbonyl (C=O) groups is 1. The van der Waals surface area contributed by atoms with E-state index in [0.717, 1.165) is 17.9 Å². The molecule has 1 unspecified atom stereocenters. The highest BCUT2D eigenvalue weighted by atomic mass is 16.5. The Morgan fingerprint density at radius 3 is 2.90 bits per heavy atom. The molecule has 29 heavy (non-hydrogen) atoms. The smallest absolute Gasteiger partial charge is 0.287 e. The summed E-state index contributed by atoms with van der Waals surface area (Å²) in [5, 5.41) is 17.5. The van der Waals surface area contributed by atoms with Crippen molar-refractivity contribution in [2.45, 2.75) is 45.1 Å². The summed E-state index contributed by atoms with van der Waals surface area (Å²) >= 11 is 0. The molecule has 1 aliphatic carbocycles.